The summed E-state index contributed by atoms with van der Waals surface area (Å²) in [6, 6.07) is 12.2. The van der Waals surface area contributed by atoms with Crippen molar-refractivity contribution in [1.29, 1.82) is 0 Å². The molecule has 3 rings (SSSR count). The molecule has 180 valence electrons. The van der Waals surface area contributed by atoms with E-state index in [4.69, 9.17) is 9.47 Å². The Morgan fingerprint density at radius 2 is 1.76 bits per heavy atom. The molecule has 1 aliphatic rings. The highest BCUT2D eigenvalue weighted by Gasteiger charge is 2.34. The second-order valence-corrected chi connectivity index (χ2v) is 10.1. The van der Waals surface area contributed by atoms with Gasteiger partial charge in [-0.05, 0) is 70.4 Å². The molecular formula is C25H29BrF3NO3. The van der Waals surface area contributed by atoms with E-state index in [9.17, 15) is 18.0 Å². The first-order valence-electron chi connectivity index (χ1n) is 11.0. The van der Waals surface area contributed by atoms with Crippen LogP contribution in [0.5, 0.6) is 5.75 Å². The molecule has 0 N–H and O–H groups in total. The molecule has 8 heteroatoms. The molecule has 2 aromatic carbocycles. The smallest absolute Gasteiger partial charge is 0.416 e. The first-order chi connectivity index (χ1) is 15.4. The van der Waals surface area contributed by atoms with E-state index in [-0.39, 0.29) is 12.1 Å². The molecule has 2 aromatic rings. The summed E-state index contributed by atoms with van der Waals surface area (Å²) in [4.78, 5) is 14.6. The minimum atomic E-state index is -4.41. The van der Waals surface area contributed by atoms with Crippen molar-refractivity contribution in [2.75, 3.05) is 6.54 Å². The minimum Gasteiger partial charge on any atom is -0.486 e. The molecule has 1 aliphatic heterocycles. The molecule has 0 aliphatic carbocycles. The molecular weight excluding hydrogens is 499 g/mol. The highest BCUT2D eigenvalue weighted by molar-refractivity contribution is 9.10. The number of benzene rings is 2. The van der Waals surface area contributed by atoms with Crippen molar-refractivity contribution in [3.63, 3.8) is 0 Å². The Morgan fingerprint density at radius 1 is 1.09 bits per heavy atom. The summed E-state index contributed by atoms with van der Waals surface area (Å²) >= 11 is 3.56. The second-order valence-electron chi connectivity index (χ2n) is 9.21. The summed E-state index contributed by atoms with van der Waals surface area (Å²) in [6.45, 7) is 6.10. The molecule has 1 fully saturated rings. The third-order valence-corrected chi connectivity index (χ3v) is 6.18. The molecule has 0 spiro atoms. The number of carbonyl (C=O) groups is 1. The Hall–Kier alpha value is -2.22. The molecule has 0 aromatic heterocycles. The first-order valence-corrected chi connectivity index (χ1v) is 11.8. The van der Waals surface area contributed by atoms with E-state index >= 15 is 0 Å². The lowest BCUT2D eigenvalue weighted by Crippen LogP contribution is -2.47. The van der Waals surface area contributed by atoms with Gasteiger partial charge in [-0.1, -0.05) is 34.1 Å². The van der Waals surface area contributed by atoms with Gasteiger partial charge in [-0.15, -0.1) is 0 Å². The molecule has 0 saturated carbocycles. The molecule has 33 heavy (non-hydrogen) atoms. The van der Waals surface area contributed by atoms with Crippen LogP contribution in [-0.4, -0.2) is 29.2 Å². The van der Waals surface area contributed by atoms with Crippen LogP contribution in [0.4, 0.5) is 18.0 Å². The molecule has 2 atom stereocenters. The van der Waals surface area contributed by atoms with Crippen molar-refractivity contribution in [3.05, 3.63) is 64.1 Å². The predicted octanol–water partition coefficient (Wildman–Crippen LogP) is 7.77. The van der Waals surface area contributed by atoms with Gasteiger partial charge in [0.25, 0.3) is 0 Å². The summed E-state index contributed by atoms with van der Waals surface area (Å²) in [7, 11) is 0. The van der Waals surface area contributed by atoms with Crippen LogP contribution in [0.2, 0.25) is 0 Å². The lowest BCUT2D eigenvalue weighted by atomic mass is 9.94. The van der Waals surface area contributed by atoms with Crippen LogP contribution in [0.3, 0.4) is 0 Å². The SMILES string of the molecule is CC(C)(C)OC(=O)N1CCCC[C@@H]1C[C@H](Oc1ccc(C(F)(F)F)cc1)c1ccccc1Br. The average Bonchev–Trinajstić information content (AvgIpc) is 2.72. The monoisotopic (exact) mass is 527 g/mol. The molecule has 4 nitrogen and oxygen atoms in total. The molecule has 1 heterocycles. The number of alkyl halides is 3. The van der Waals surface area contributed by atoms with Crippen molar-refractivity contribution >= 4 is 22.0 Å². The van der Waals surface area contributed by atoms with Crippen molar-refractivity contribution in [2.45, 2.75) is 70.4 Å². The molecule has 0 unspecified atom stereocenters. The number of hydrogen-bond donors (Lipinski definition) is 0. The number of halogens is 4. The fourth-order valence-corrected chi connectivity index (χ4v) is 4.46. The van der Waals surface area contributed by atoms with Crippen molar-refractivity contribution in [2.24, 2.45) is 0 Å². The number of piperidine rings is 1. The Bertz CT molecular complexity index is 941. The summed E-state index contributed by atoms with van der Waals surface area (Å²) in [5.41, 5.74) is -0.458. The molecule has 0 bridgehead atoms. The van der Waals surface area contributed by atoms with Gasteiger partial charge in [-0.25, -0.2) is 4.79 Å². The lowest BCUT2D eigenvalue weighted by molar-refractivity contribution is -0.137. The van der Waals surface area contributed by atoms with Crippen molar-refractivity contribution in [3.8, 4) is 5.75 Å². The fourth-order valence-electron chi connectivity index (χ4n) is 3.92. The van der Waals surface area contributed by atoms with Crippen LogP contribution >= 0.6 is 15.9 Å². The highest BCUT2D eigenvalue weighted by Crippen LogP contribution is 2.36. The summed E-state index contributed by atoms with van der Waals surface area (Å²) < 4.78 is 51.5. The normalized spacial score (nSPS) is 18.0. The van der Waals surface area contributed by atoms with Crippen LogP contribution in [0, 0.1) is 0 Å². The Kier molecular flexibility index (Phi) is 7.98. The van der Waals surface area contributed by atoms with Crippen LogP contribution in [0.15, 0.2) is 53.0 Å². The zero-order valence-electron chi connectivity index (χ0n) is 19.0. The zero-order valence-corrected chi connectivity index (χ0v) is 20.6. The highest BCUT2D eigenvalue weighted by atomic mass is 79.9. The number of amides is 1. The maximum Gasteiger partial charge on any atom is 0.416 e. The van der Waals surface area contributed by atoms with Gasteiger partial charge in [-0.2, -0.15) is 13.2 Å². The molecule has 1 amide bonds. The van der Waals surface area contributed by atoms with Gasteiger partial charge in [0.1, 0.15) is 17.5 Å². The van der Waals surface area contributed by atoms with Gasteiger partial charge in [0, 0.05) is 29.0 Å². The van der Waals surface area contributed by atoms with Gasteiger partial charge >= 0.3 is 12.3 Å². The number of nitrogens with zero attached hydrogens (tertiary/aromatic N) is 1. The van der Waals surface area contributed by atoms with E-state index in [0.29, 0.717) is 18.7 Å². The number of hydrogen-bond acceptors (Lipinski definition) is 3. The molecule has 1 saturated heterocycles. The lowest BCUT2D eigenvalue weighted by Gasteiger charge is -2.38. The van der Waals surface area contributed by atoms with Crippen LogP contribution in [-0.2, 0) is 10.9 Å². The van der Waals surface area contributed by atoms with E-state index in [1.54, 1.807) is 4.90 Å². The summed E-state index contributed by atoms with van der Waals surface area (Å²) in [6.07, 6.45) is -2.06. The number of ether oxygens (including phenoxy) is 2. The number of rotatable bonds is 5. The van der Waals surface area contributed by atoms with Gasteiger partial charge in [-0.3, -0.25) is 0 Å². The standard InChI is InChI=1S/C25H29BrF3NO3/c1-24(2,3)33-23(31)30-15-7-6-8-18(30)16-22(20-9-4-5-10-21(20)26)32-19-13-11-17(12-14-19)25(27,28)29/h4-5,9-14,18,22H,6-8,15-16H2,1-3H3/t18-,22+/m1/s1. The van der Waals surface area contributed by atoms with Gasteiger partial charge in [0.15, 0.2) is 0 Å². The largest absolute Gasteiger partial charge is 0.486 e. The van der Waals surface area contributed by atoms with Gasteiger partial charge < -0.3 is 14.4 Å². The van der Waals surface area contributed by atoms with Crippen LogP contribution in [0.1, 0.15) is 63.7 Å². The van der Waals surface area contributed by atoms with E-state index < -0.39 is 23.4 Å². The minimum absolute atomic E-state index is 0.111. The Labute approximate surface area is 201 Å². The van der Waals surface area contributed by atoms with Gasteiger partial charge in [0.2, 0.25) is 0 Å². The fraction of sp³-hybridized carbons (Fsp3) is 0.480. The third kappa shape index (κ3) is 7.13. The quantitative estimate of drug-likeness (QED) is 0.398. The van der Waals surface area contributed by atoms with Crippen molar-refractivity contribution in [1.82, 2.24) is 4.90 Å². The van der Waals surface area contributed by atoms with E-state index in [1.807, 2.05) is 45.0 Å². The first kappa shape index (κ1) is 25.4. The van der Waals surface area contributed by atoms with E-state index in [2.05, 4.69) is 15.9 Å². The zero-order chi connectivity index (χ0) is 24.2. The summed E-state index contributed by atoms with van der Waals surface area (Å²) in [5.74, 6) is 0.336. The number of likely N-dealkylation sites (tertiary alicyclic amines) is 1. The van der Waals surface area contributed by atoms with Crippen LogP contribution in [0.25, 0.3) is 0 Å². The maximum absolute atomic E-state index is 12.9. The molecule has 0 radical (unpaired) electrons. The van der Waals surface area contributed by atoms with E-state index in [1.165, 1.54) is 12.1 Å². The van der Waals surface area contributed by atoms with Crippen LogP contribution < -0.4 is 4.74 Å². The number of carbonyl (C=O) groups excluding carboxylic acids is 1. The predicted molar refractivity (Wildman–Crippen MR) is 124 cm³/mol. The van der Waals surface area contributed by atoms with E-state index in [0.717, 1.165) is 41.4 Å². The second kappa shape index (κ2) is 10.4. The topological polar surface area (TPSA) is 38.8 Å². The third-order valence-electron chi connectivity index (χ3n) is 5.45. The summed E-state index contributed by atoms with van der Waals surface area (Å²) in [5, 5.41) is 0. The maximum atomic E-state index is 12.9. The van der Waals surface area contributed by atoms with Crippen molar-refractivity contribution < 1.29 is 27.4 Å². The Morgan fingerprint density at radius 3 is 2.36 bits per heavy atom. The Balaban J connectivity index is 1.85. The average molecular weight is 528 g/mol. The van der Waals surface area contributed by atoms with Gasteiger partial charge in [0.05, 0.1) is 5.56 Å².